The molecule has 0 saturated heterocycles. The molecule has 1 aliphatic rings. The van der Waals surface area contributed by atoms with Gasteiger partial charge in [0.2, 0.25) is 0 Å². The number of anilines is 2. The van der Waals surface area contributed by atoms with Gasteiger partial charge in [-0.05, 0) is 73.5 Å². The normalized spacial score (nSPS) is 12.9. The molecule has 0 spiro atoms. The Morgan fingerprint density at radius 2 is 1.85 bits per heavy atom. The van der Waals surface area contributed by atoms with E-state index in [1.807, 2.05) is 18.2 Å². The van der Waals surface area contributed by atoms with Gasteiger partial charge in [-0.2, -0.15) is 0 Å². The molecule has 200 valence electrons. The second-order valence-electron chi connectivity index (χ2n) is 9.38. The molecule has 0 bridgehead atoms. The summed E-state index contributed by atoms with van der Waals surface area (Å²) >= 11 is 5.94. The van der Waals surface area contributed by atoms with E-state index < -0.39 is 17.7 Å². The van der Waals surface area contributed by atoms with E-state index in [2.05, 4.69) is 9.88 Å². The number of benzene rings is 3. The Balaban J connectivity index is 1.43. The van der Waals surface area contributed by atoms with Crippen molar-refractivity contribution >= 4 is 51.7 Å². The van der Waals surface area contributed by atoms with Crippen LogP contribution >= 0.6 is 11.6 Å². The first-order valence-electron chi connectivity index (χ1n) is 12.4. The van der Waals surface area contributed by atoms with Crippen LogP contribution in [0.25, 0.3) is 11.0 Å². The highest BCUT2D eigenvalue weighted by atomic mass is 35.5. The molecule has 1 aliphatic carbocycles. The molecule has 0 radical (unpaired) electrons. The SMILES string of the molecule is N=C(N)c1ccc(NCc2nc3cc(C(=O)N(CCC(=O)O)c4ccc(F)c(Cl)c4)ccc3n2C2CC2)cc1. The Labute approximate surface area is 228 Å². The molecule has 3 aromatic carbocycles. The van der Waals surface area contributed by atoms with E-state index in [1.54, 1.807) is 24.3 Å². The van der Waals surface area contributed by atoms with Gasteiger partial charge in [0, 0.05) is 35.1 Å². The van der Waals surface area contributed by atoms with Gasteiger partial charge in [-0.1, -0.05) is 11.6 Å². The highest BCUT2D eigenvalue weighted by Crippen LogP contribution is 2.39. The quantitative estimate of drug-likeness (QED) is 0.159. The highest BCUT2D eigenvalue weighted by molar-refractivity contribution is 6.31. The zero-order chi connectivity index (χ0) is 27.7. The Morgan fingerprint density at radius 1 is 1.13 bits per heavy atom. The number of nitrogen functional groups attached to an aromatic ring is 1. The Kier molecular flexibility index (Phi) is 7.21. The van der Waals surface area contributed by atoms with Crippen LogP contribution in [0.2, 0.25) is 5.02 Å². The number of amides is 1. The zero-order valence-corrected chi connectivity index (χ0v) is 21.6. The van der Waals surface area contributed by atoms with Crippen molar-refractivity contribution in [1.82, 2.24) is 9.55 Å². The van der Waals surface area contributed by atoms with E-state index in [9.17, 15) is 19.1 Å². The van der Waals surface area contributed by atoms with Gasteiger partial charge in [0.05, 0.1) is 29.0 Å². The van der Waals surface area contributed by atoms with Crippen molar-refractivity contribution in [3.63, 3.8) is 0 Å². The summed E-state index contributed by atoms with van der Waals surface area (Å²) in [7, 11) is 0. The first-order chi connectivity index (χ1) is 18.7. The molecule has 0 aliphatic heterocycles. The smallest absolute Gasteiger partial charge is 0.305 e. The number of hydrogen-bond acceptors (Lipinski definition) is 5. The van der Waals surface area contributed by atoms with Gasteiger partial charge in [0.1, 0.15) is 17.5 Å². The highest BCUT2D eigenvalue weighted by Gasteiger charge is 2.29. The molecule has 1 aromatic heterocycles. The number of imidazole rings is 1. The zero-order valence-electron chi connectivity index (χ0n) is 20.8. The van der Waals surface area contributed by atoms with E-state index in [0.29, 0.717) is 34.9 Å². The van der Waals surface area contributed by atoms with Crippen molar-refractivity contribution in [3.8, 4) is 0 Å². The van der Waals surface area contributed by atoms with E-state index >= 15 is 0 Å². The third-order valence-electron chi connectivity index (χ3n) is 6.58. The second-order valence-corrected chi connectivity index (χ2v) is 9.78. The van der Waals surface area contributed by atoms with Crippen molar-refractivity contribution in [3.05, 3.63) is 88.5 Å². The van der Waals surface area contributed by atoms with Crippen LogP contribution in [0.1, 0.15) is 47.1 Å². The number of aromatic nitrogens is 2. The molecule has 5 N–H and O–H groups in total. The predicted molar refractivity (Wildman–Crippen MR) is 148 cm³/mol. The lowest BCUT2D eigenvalue weighted by Crippen LogP contribution is -2.33. The number of carbonyl (C=O) groups is 2. The molecule has 0 unspecified atom stereocenters. The minimum atomic E-state index is -1.06. The molecule has 11 heteroatoms. The van der Waals surface area contributed by atoms with E-state index in [1.165, 1.54) is 17.0 Å². The molecule has 39 heavy (non-hydrogen) atoms. The van der Waals surface area contributed by atoms with Gasteiger partial charge in [-0.15, -0.1) is 0 Å². The van der Waals surface area contributed by atoms with Gasteiger partial charge in [0.15, 0.2) is 0 Å². The Hall–Kier alpha value is -4.44. The van der Waals surface area contributed by atoms with Crippen molar-refractivity contribution in [1.29, 1.82) is 5.41 Å². The fourth-order valence-electron chi connectivity index (χ4n) is 4.46. The first-order valence-corrected chi connectivity index (χ1v) is 12.8. The number of fused-ring (bicyclic) bond motifs is 1. The van der Waals surface area contributed by atoms with Crippen LogP contribution in [0.4, 0.5) is 15.8 Å². The summed E-state index contributed by atoms with van der Waals surface area (Å²) < 4.78 is 15.9. The number of hydrogen-bond donors (Lipinski definition) is 4. The number of amidine groups is 1. The number of carboxylic acids is 1. The molecule has 4 aromatic rings. The predicted octanol–water partition coefficient (Wildman–Crippen LogP) is 5.18. The summed E-state index contributed by atoms with van der Waals surface area (Å²) in [5.41, 5.74) is 9.21. The van der Waals surface area contributed by atoms with Crippen molar-refractivity contribution in [2.45, 2.75) is 31.8 Å². The average Bonchev–Trinajstić information content (AvgIpc) is 3.69. The number of nitrogens with two attached hydrogens (primary N) is 1. The molecule has 1 heterocycles. The van der Waals surface area contributed by atoms with Crippen LogP contribution in [0.5, 0.6) is 0 Å². The van der Waals surface area contributed by atoms with Crippen molar-refractivity contribution in [2.24, 2.45) is 5.73 Å². The van der Waals surface area contributed by atoms with Crippen LogP contribution in [-0.2, 0) is 11.3 Å². The summed E-state index contributed by atoms with van der Waals surface area (Å²) in [4.78, 5) is 30.9. The fourth-order valence-corrected chi connectivity index (χ4v) is 4.63. The minimum absolute atomic E-state index is 0.00600. The van der Waals surface area contributed by atoms with Gasteiger partial charge in [0.25, 0.3) is 5.91 Å². The van der Waals surface area contributed by atoms with Crippen LogP contribution < -0.4 is 16.0 Å². The molecule has 1 fully saturated rings. The minimum Gasteiger partial charge on any atom is -0.481 e. The number of carboxylic acid groups (broad SMARTS) is 1. The lowest BCUT2D eigenvalue weighted by Gasteiger charge is -2.22. The third kappa shape index (κ3) is 5.70. The number of nitrogens with zero attached hydrogens (tertiary/aromatic N) is 3. The van der Waals surface area contributed by atoms with Gasteiger partial charge >= 0.3 is 5.97 Å². The second kappa shape index (κ2) is 10.7. The summed E-state index contributed by atoms with van der Waals surface area (Å²) in [6.45, 7) is 0.342. The van der Waals surface area contributed by atoms with Crippen LogP contribution in [0.3, 0.4) is 0 Å². The molecular weight excluding hydrogens is 523 g/mol. The molecule has 1 saturated carbocycles. The number of rotatable bonds is 10. The maximum Gasteiger partial charge on any atom is 0.305 e. The summed E-state index contributed by atoms with van der Waals surface area (Å²) in [5, 5.41) is 19.9. The van der Waals surface area contributed by atoms with Crippen molar-refractivity contribution < 1.29 is 19.1 Å². The standard InChI is InChI=1S/C28H26ClFN6O3/c29-21-14-20(8-9-22(21)30)35(12-11-26(37)38)28(39)17-3-10-24-23(13-17)34-25(36(24)19-6-7-19)15-33-18-4-1-16(2-5-18)27(31)32/h1-5,8-10,13-14,19,33H,6-7,11-12,15H2,(H3,31,32)(H,37,38). The van der Waals surface area contributed by atoms with Gasteiger partial charge < -0.3 is 25.6 Å². The molecule has 0 atom stereocenters. The van der Waals surface area contributed by atoms with Gasteiger partial charge in [-0.25, -0.2) is 9.37 Å². The molecule has 1 amide bonds. The topological polar surface area (TPSA) is 137 Å². The fraction of sp³-hybridized carbons (Fsp3) is 0.214. The summed E-state index contributed by atoms with van der Waals surface area (Å²) in [6, 6.07) is 16.7. The molecule has 9 nitrogen and oxygen atoms in total. The lowest BCUT2D eigenvalue weighted by molar-refractivity contribution is -0.136. The number of nitrogens with one attached hydrogen (secondary N) is 2. The largest absolute Gasteiger partial charge is 0.481 e. The molecular formula is C28H26ClFN6O3. The van der Waals surface area contributed by atoms with Crippen LogP contribution in [-0.4, -0.2) is 38.9 Å². The lowest BCUT2D eigenvalue weighted by atomic mass is 10.1. The van der Waals surface area contributed by atoms with E-state index in [0.717, 1.165) is 35.9 Å². The van der Waals surface area contributed by atoms with E-state index in [4.69, 9.17) is 27.7 Å². The third-order valence-corrected chi connectivity index (χ3v) is 6.87. The number of aliphatic carboxylic acids is 1. The van der Waals surface area contributed by atoms with Crippen LogP contribution in [0.15, 0.2) is 60.7 Å². The van der Waals surface area contributed by atoms with Crippen molar-refractivity contribution in [2.75, 3.05) is 16.8 Å². The van der Waals surface area contributed by atoms with E-state index in [-0.39, 0.29) is 23.8 Å². The summed E-state index contributed by atoms with van der Waals surface area (Å²) in [5.74, 6) is -1.30. The Bertz CT molecular complexity index is 1580. The average molecular weight is 549 g/mol. The number of carbonyl (C=O) groups excluding carboxylic acids is 1. The van der Waals surface area contributed by atoms with Gasteiger partial charge in [-0.3, -0.25) is 15.0 Å². The van der Waals surface area contributed by atoms with Crippen LogP contribution in [0, 0.1) is 11.2 Å². The monoisotopic (exact) mass is 548 g/mol. The number of halogens is 2. The maximum atomic E-state index is 13.7. The molecule has 5 rings (SSSR count). The Morgan fingerprint density at radius 3 is 2.49 bits per heavy atom. The first kappa shape index (κ1) is 26.2. The summed E-state index contributed by atoms with van der Waals surface area (Å²) in [6.07, 6.45) is 1.80. The maximum absolute atomic E-state index is 13.7.